The monoisotopic (exact) mass is 371 g/mol. The number of benzene rings is 1. The fourth-order valence-electron chi connectivity index (χ4n) is 3.58. The number of Topliss-reactive ketones (excluding diaryl/α,β-unsaturated/α-hetero) is 1. The largest absolute Gasteiger partial charge is 0.378 e. The van der Waals surface area contributed by atoms with Crippen LogP contribution in [0.3, 0.4) is 0 Å². The molecular weight excluding hydrogens is 350 g/mol. The van der Waals surface area contributed by atoms with E-state index in [1.807, 2.05) is 11.0 Å². The summed E-state index contributed by atoms with van der Waals surface area (Å²) in [7, 11) is 1.60. The molecule has 0 aliphatic carbocycles. The number of morpholine rings is 1. The Morgan fingerprint density at radius 1 is 1.22 bits per heavy atom. The molecule has 0 radical (unpaired) electrons. The minimum atomic E-state index is -0.724. The highest BCUT2D eigenvalue weighted by Crippen LogP contribution is 2.26. The molecule has 3 amide bonds. The van der Waals surface area contributed by atoms with Gasteiger partial charge >= 0.3 is 6.03 Å². The first-order valence-corrected chi connectivity index (χ1v) is 8.89. The van der Waals surface area contributed by atoms with Crippen LogP contribution in [0.1, 0.15) is 10.4 Å². The van der Waals surface area contributed by atoms with Crippen molar-refractivity contribution in [3.05, 3.63) is 35.9 Å². The standard InChI is InChI=1S/C18H21N5O4/c1-21-15-14(16(25)20-18(21)26)23(11-13(24)12-5-3-2-4-6-12)17(19-15)22-7-9-27-10-8-22/h2-6,14-15H,7-11H2,1H3,(H,20,25,26). The van der Waals surface area contributed by atoms with Crippen molar-refractivity contribution in [3.8, 4) is 0 Å². The van der Waals surface area contributed by atoms with Crippen molar-refractivity contribution in [1.82, 2.24) is 20.0 Å². The van der Waals surface area contributed by atoms with Gasteiger partial charge in [-0.05, 0) is 0 Å². The van der Waals surface area contributed by atoms with Gasteiger partial charge in [0, 0.05) is 25.7 Å². The molecule has 1 aromatic rings. The molecule has 0 saturated carbocycles. The second-order valence-corrected chi connectivity index (χ2v) is 6.71. The van der Waals surface area contributed by atoms with Crippen LogP contribution in [0.15, 0.2) is 35.3 Å². The number of carbonyl (C=O) groups is 3. The number of ether oxygens (including phenoxy) is 1. The van der Waals surface area contributed by atoms with E-state index in [2.05, 4.69) is 10.3 Å². The molecular formula is C18H21N5O4. The third-order valence-electron chi connectivity index (χ3n) is 5.04. The van der Waals surface area contributed by atoms with Gasteiger partial charge in [-0.2, -0.15) is 0 Å². The molecule has 1 N–H and O–H groups in total. The third kappa shape index (κ3) is 3.14. The third-order valence-corrected chi connectivity index (χ3v) is 5.04. The van der Waals surface area contributed by atoms with E-state index in [-0.39, 0.29) is 12.3 Å². The predicted molar refractivity (Wildman–Crippen MR) is 96.2 cm³/mol. The average Bonchev–Trinajstić information content (AvgIpc) is 3.07. The number of nitrogens with one attached hydrogen (secondary N) is 1. The molecule has 0 spiro atoms. The van der Waals surface area contributed by atoms with Gasteiger partial charge in [-0.1, -0.05) is 30.3 Å². The van der Waals surface area contributed by atoms with Crippen molar-refractivity contribution in [1.29, 1.82) is 0 Å². The molecule has 0 aromatic heterocycles. The second kappa shape index (κ2) is 6.99. The number of imide groups is 1. The van der Waals surface area contributed by atoms with Crippen LogP contribution >= 0.6 is 0 Å². The maximum absolute atomic E-state index is 12.8. The molecule has 3 aliphatic heterocycles. The number of amides is 3. The number of fused-ring (bicyclic) bond motifs is 1. The van der Waals surface area contributed by atoms with Crippen LogP contribution in [0, 0.1) is 0 Å². The minimum absolute atomic E-state index is 0.0107. The Morgan fingerprint density at radius 3 is 2.63 bits per heavy atom. The SMILES string of the molecule is CN1C(=O)NC(=O)C2C1N=C(N1CCOCC1)N2CC(=O)c1ccccc1. The van der Waals surface area contributed by atoms with Crippen molar-refractivity contribution in [3.63, 3.8) is 0 Å². The number of likely N-dealkylation sites (N-methyl/N-ethyl adjacent to an activating group) is 1. The molecule has 9 heteroatoms. The fraction of sp³-hybridized carbons (Fsp3) is 0.444. The molecule has 3 aliphatic rings. The Kier molecular flexibility index (Phi) is 4.53. The van der Waals surface area contributed by atoms with E-state index in [0.717, 1.165) is 0 Å². The lowest BCUT2D eigenvalue weighted by atomic mass is 10.1. The fourth-order valence-corrected chi connectivity index (χ4v) is 3.58. The van der Waals surface area contributed by atoms with Crippen LogP contribution in [-0.2, 0) is 9.53 Å². The number of ketones is 1. The summed E-state index contributed by atoms with van der Waals surface area (Å²) < 4.78 is 5.40. The van der Waals surface area contributed by atoms with E-state index in [9.17, 15) is 14.4 Å². The van der Waals surface area contributed by atoms with E-state index < -0.39 is 24.1 Å². The van der Waals surface area contributed by atoms with E-state index in [4.69, 9.17) is 4.74 Å². The van der Waals surface area contributed by atoms with Crippen molar-refractivity contribution < 1.29 is 19.1 Å². The molecule has 2 saturated heterocycles. The van der Waals surface area contributed by atoms with Crippen LogP contribution < -0.4 is 5.32 Å². The number of guanidine groups is 1. The predicted octanol–water partition coefficient (Wildman–Crippen LogP) is -0.251. The Hall–Kier alpha value is -2.94. The number of urea groups is 1. The van der Waals surface area contributed by atoms with Gasteiger partial charge in [0.15, 0.2) is 24.0 Å². The zero-order valence-electron chi connectivity index (χ0n) is 15.0. The van der Waals surface area contributed by atoms with Crippen LogP contribution in [0.25, 0.3) is 0 Å². The van der Waals surface area contributed by atoms with E-state index >= 15 is 0 Å². The number of hydrogen-bond donors (Lipinski definition) is 1. The van der Waals surface area contributed by atoms with Crippen molar-refractivity contribution in [2.45, 2.75) is 12.2 Å². The maximum Gasteiger partial charge on any atom is 0.325 e. The zero-order valence-corrected chi connectivity index (χ0v) is 15.0. The molecule has 2 unspecified atom stereocenters. The summed E-state index contributed by atoms with van der Waals surface area (Å²) >= 11 is 0. The maximum atomic E-state index is 12.8. The zero-order chi connectivity index (χ0) is 19.0. The van der Waals surface area contributed by atoms with Gasteiger partial charge in [-0.15, -0.1) is 0 Å². The van der Waals surface area contributed by atoms with Crippen molar-refractivity contribution in [2.75, 3.05) is 39.9 Å². The summed E-state index contributed by atoms with van der Waals surface area (Å²) in [6.45, 7) is 2.35. The van der Waals surface area contributed by atoms with Crippen LogP contribution in [-0.4, -0.2) is 90.5 Å². The highest BCUT2D eigenvalue weighted by atomic mass is 16.5. The number of hydrogen-bond acceptors (Lipinski definition) is 7. The lowest BCUT2D eigenvalue weighted by Crippen LogP contribution is -2.65. The van der Waals surface area contributed by atoms with Gasteiger partial charge in [0.2, 0.25) is 0 Å². The lowest BCUT2D eigenvalue weighted by Gasteiger charge is -2.38. The van der Waals surface area contributed by atoms with Crippen LogP contribution in [0.4, 0.5) is 4.79 Å². The summed E-state index contributed by atoms with van der Waals surface area (Å²) in [5.41, 5.74) is 0.572. The van der Waals surface area contributed by atoms with Crippen molar-refractivity contribution in [2.24, 2.45) is 4.99 Å². The smallest absolute Gasteiger partial charge is 0.325 e. The highest BCUT2D eigenvalue weighted by molar-refractivity contribution is 6.06. The van der Waals surface area contributed by atoms with Gasteiger partial charge in [0.05, 0.1) is 19.8 Å². The molecule has 2 fully saturated rings. The lowest BCUT2D eigenvalue weighted by molar-refractivity contribution is -0.127. The average molecular weight is 371 g/mol. The number of rotatable bonds is 3. The summed E-state index contributed by atoms with van der Waals surface area (Å²) in [5.74, 6) is 0.0230. The molecule has 27 heavy (non-hydrogen) atoms. The summed E-state index contributed by atoms with van der Waals surface area (Å²) in [6.07, 6.45) is -0.646. The Morgan fingerprint density at radius 2 is 1.93 bits per heavy atom. The van der Waals surface area contributed by atoms with Crippen molar-refractivity contribution >= 4 is 23.7 Å². The molecule has 1 aromatic carbocycles. The van der Waals surface area contributed by atoms with Gasteiger partial charge in [-0.25, -0.2) is 9.79 Å². The van der Waals surface area contributed by atoms with Gasteiger partial charge in [0.25, 0.3) is 5.91 Å². The highest BCUT2D eigenvalue weighted by Gasteiger charge is 2.50. The summed E-state index contributed by atoms with van der Waals surface area (Å²) in [4.78, 5) is 47.1. The first-order chi connectivity index (χ1) is 13.1. The quantitative estimate of drug-likeness (QED) is 0.737. The second-order valence-electron chi connectivity index (χ2n) is 6.71. The van der Waals surface area contributed by atoms with Gasteiger partial charge < -0.3 is 19.4 Å². The Bertz CT molecular complexity index is 790. The van der Waals surface area contributed by atoms with E-state index in [1.165, 1.54) is 4.90 Å². The van der Waals surface area contributed by atoms with E-state index in [0.29, 0.717) is 37.8 Å². The number of nitrogens with zero attached hydrogens (tertiary/aromatic N) is 4. The van der Waals surface area contributed by atoms with E-state index in [1.54, 1.807) is 36.2 Å². The molecule has 0 bridgehead atoms. The van der Waals surface area contributed by atoms with Gasteiger partial charge in [-0.3, -0.25) is 14.9 Å². The van der Waals surface area contributed by atoms with Crippen LogP contribution in [0.5, 0.6) is 0 Å². The molecule has 9 nitrogen and oxygen atoms in total. The molecule has 4 rings (SSSR count). The summed E-state index contributed by atoms with van der Waals surface area (Å²) in [5, 5.41) is 2.35. The Balaban J connectivity index is 1.65. The molecule has 142 valence electrons. The summed E-state index contributed by atoms with van der Waals surface area (Å²) in [6, 6.07) is 7.74. The molecule has 2 atom stereocenters. The molecule has 3 heterocycles. The van der Waals surface area contributed by atoms with Crippen LogP contribution in [0.2, 0.25) is 0 Å². The first kappa shape index (κ1) is 17.5. The first-order valence-electron chi connectivity index (χ1n) is 8.89. The topological polar surface area (TPSA) is 94.6 Å². The number of aliphatic imine (C=N–C) groups is 1. The normalized spacial score (nSPS) is 25.2. The Labute approximate surface area is 156 Å². The number of carbonyl (C=O) groups excluding carboxylic acids is 3. The minimum Gasteiger partial charge on any atom is -0.378 e. The van der Waals surface area contributed by atoms with Gasteiger partial charge in [0.1, 0.15) is 0 Å².